The number of piperazine rings is 1. The van der Waals surface area contributed by atoms with Crippen molar-refractivity contribution < 1.29 is 47.2 Å². The summed E-state index contributed by atoms with van der Waals surface area (Å²) in [5.74, 6) is -0.445. The molecular formula is C53H76N8O10. The molecule has 18 heteroatoms. The van der Waals surface area contributed by atoms with E-state index in [4.69, 9.17) is 42.8 Å². The molecule has 7 heterocycles. The smallest absolute Gasteiger partial charge is 0.408 e. The number of oxazole rings is 1. The molecule has 3 saturated heterocycles. The van der Waals surface area contributed by atoms with Crippen LogP contribution in [0.4, 0.5) is 4.79 Å². The molecule has 5 aliphatic heterocycles. The zero-order valence-electron chi connectivity index (χ0n) is 43.1. The van der Waals surface area contributed by atoms with Crippen molar-refractivity contribution in [2.24, 2.45) is 10.4 Å². The molecular weight excluding hydrogens is 909 g/mol. The monoisotopic (exact) mass is 985 g/mol. The highest BCUT2D eigenvalue weighted by Gasteiger charge is 2.42. The van der Waals surface area contributed by atoms with Crippen LogP contribution >= 0.6 is 0 Å². The van der Waals surface area contributed by atoms with Crippen LogP contribution in [0.3, 0.4) is 0 Å². The van der Waals surface area contributed by atoms with Gasteiger partial charge in [-0.3, -0.25) is 29.4 Å². The van der Waals surface area contributed by atoms with E-state index in [-0.39, 0.29) is 43.9 Å². The van der Waals surface area contributed by atoms with Gasteiger partial charge in [-0.2, -0.15) is 0 Å². The molecule has 2 N–H and O–H groups in total. The average Bonchev–Trinajstić information content (AvgIpc) is 4.03. The first-order chi connectivity index (χ1) is 34.1. The number of hydrogen-bond donors (Lipinski definition) is 2. The fourth-order valence-electron chi connectivity index (χ4n) is 10.8. The van der Waals surface area contributed by atoms with Gasteiger partial charge in [-0.05, 0) is 110 Å². The van der Waals surface area contributed by atoms with Crippen molar-refractivity contribution in [1.82, 2.24) is 35.1 Å². The third kappa shape index (κ3) is 11.9. The minimum atomic E-state index is -1.34. The fourth-order valence-corrected chi connectivity index (χ4v) is 10.8. The number of carbonyl (C=O) groups is 3. The van der Waals surface area contributed by atoms with Gasteiger partial charge in [0.1, 0.15) is 17.7 Å². The summed E-state index contributed by atoms with van der Waals surface area (Å²) in [6.45, 7) is 20.5. The lowest BCUT2D eigenvalue weighted by atomic mass is 9.83. The molecule has 5 atom stereocenters. The minimum absolute atomic E-state index is 0.0917. The number of nitrogens with one attached hydrogen (secondary N) is 2. The lowest BCUT2D eigenvalue weighted by molar-refractivity contribution is -0.156. The zero-order chi connectivity index (χ0) is 50.0. The maximum atomic E-state index is 14.6. The molecule has 3 aromatic rings. The molecule has 0 spiro atoms. The highest BCUT2D eigenvalue weighted by molar-refractivity contribution is 5.95. The van der Waals surface area contributed by atoms with Crippen molar-refractivity contribution in [3.63, 3.8) is 0 Å². The second-order valence-corrected chi connectivity index (χ2v) is 21.8. The highest BCUT2D eigenvalue weighted by atomic mass is 16.6. The van der Waals surface area contributed by atoms with Gasteiger partial charge in [0.25, 0.3) is 5.91 Å². The van der Waals surface area contributed by atoms with Gasteiger partial charge in [-0.15, -0.1) is 0 Å². The number of alkyl carbamates (subject to hydrolysis) is 1. The van der Waals surface area contributed by atoms with E-state index in [1.165, 1.54) is 17.9 Å². The van der Waals surface area contributed by atoms with E-state index in [1.807, 2.05) is 6.07 Å². The number of ether oxygens (including phenoxy) is 6. The lowest BCUT2D eigenvalue weighted by Gasteiger charge is -2.40. The Bertz CT molecular complexity index is 2440. The Hall–Kier alpha value is -4.69. The third-order valence-corrected chi connectivity index (χ3v) is 14.7. The Balaban J connectivity index is 1.18. The number of aliphatic imine (C=N–C) groups is 1. The summed E-state index contributed by atoms with van der Waals surface area (Å²) >= 11 is 0. The zero-order valence-corrected chi connectivity index (χ0v) is 43.1. The second kappa shape index (κ2) is 21.8. The van der Waals surface area contributed by atoms with Gasteiger partial charge in [-0.25, -0.2) is 15.2 Å². The predicted octanol–water partition coefficient (Wildman–Crippen LogP) is 6.45. The molecule has 0 radical (unpaired) electrons. The summed E-state index contributed by atoms with van der Waals surface area (Å²) < 4.78 is 45.6. The first-order valence-corrected chi connectivity index (χ1v) is 26.0. The SMILES string of the molecule is CCO[C@H]1c2ncc(o2)-c2ccc3c(c2)c(c(C2=C([C@H](C)OC)N=CC(N4CCN(C5CC5)CC4)C2)n3CCOC2CCOCC2)CC(C)(C)COC(=O)[C@@H]2CCCN(N2)C(=O)[C@H]1NC(=O)OC(C)(C)C. The van der Waals surface area contributed by atoms with Crippen LogP contribution in [-0.2, 0) is 51.0 Å². The maximum Gasteiger partial charge on any atom is 0.408 e. The maximum absolute atomic E-state index is 14.6. The van der Waals surface area contributed by atoms with Crippen LogP contribution in [0.1, 0.15) is 117 Å². The number of amides is 2. The molecule has 2 amide bonds. The number of carbonyl (C=O) groups excluding carboxylic acids is 3. The number of hydrazine groups is 1. The van der Waals surface area contributed by atoms with Crippen LogP contribution in [0.2, 0.25) is 0 Å². The quantitative estimate of drug-likeness (QED) is 0.189. The number of nitrogens with zero attached hydrogens (tertiary/aromatic N) is 6. The minimum Gasteiger partial charge on any atom is -0.464 e. The van der Waals surface area contributed by atoms with E-state index in [0.717, 1.165) is 90.5 Å². The van der Waals surface area contributed by atoms with Crippen LogP contribution in [0.5, 0.6) is 0 Å². The van der Waals surface area contributed by atoms with Crippen molar-refractivity contribution in [3.05, 3.63) is 47.2 Å². The van der Waals surface area contributed by atoms with E-state index in [1.54, 1.807) is 41.0 Å². The summed E-state index contributed by atoms with van der Waals surface area (Å²) in [6.07, 6.45) is 8.21. The van der Waals surface area contributed by atoms with Crippen LogP contribution < -0.4 is 10.7 Å². The molecule has 1 saturated carbocycles. The summed E-state index contributed by atoms with van der Waals surface area (Å²) in [4.78, 5) is 57.5. The molecule has 71 heavy (non-hydrogen) atoms. The molecule has 6 aliphatic rings. The Morgan fingerprint density at radius 1 is 1.01 bits per heavy atom. The number of hydrogen-bond acceptors (Lipinski definition) is 15. The van der Waals surface area contributed by atoms with E-state index < -0.39 is 47.2 Å². The summed E-state index contributed by atoms with van der Waals surface area (Å²) in [6, 6.07) is 4.99. The normalized spacial score (nSPS) is 25.8. The van der Waals surface area contributed by atoms with E-state index >= 15 is 0 Å². The molecule has 1 aliphatic carbocycles. The summed E-state index contributed by atoms with van der Waals surface area (Å²) in [5, 5.41) is 5.14. The number of cyclic esters (lactones) is 1. The number of methoxy groups -OCH3 is 1. The average molecular weight is 985 g/mol. The Morgan fingerprint density at radius 2 is 1.77 bits per heavy atom. The molecule has 388 valence electrons. The van der Waals surface area contributed by atoms with Crippen molar-refractivity contribution in [1.29, 1.82) is 0 Å². The first kappa shape index (κ1) is 51.2. The molecule has 2 aromatic heterocycles. The number of esters is 1. The van der Waals surface area contributed by atoms with Gasteiger partial charge in [0.05, 0.1) is 43.0 Å². The molecule has 4 fully saturated rings. The number of benzene rings is 1. The molecule has 1 unspecified atom stereocenters. The molecule has 18 nitrogen and oxygen atoms in total. The van der Waals surface area contributed by atoms with Gasteiger partial charge in [0.15, 0.2) is 11.9 Å². The highest BCUT2D eigenvalue weighted by Crippen LogP contribution is 2.43. The van der Waals surface area contributed by atoms with E-state index in [0.29, 0.717) is 51.4 Å². The van der Waals surface area contributed by atoms with E-state index in [9.17, 15) is 14.4 Å². The Labute approximate surface area is 418 Å². The molecule has 1 aromatic carbocycles. The largest absolute Gasteiger partial charge is 0.464 e. The van der Waals surface area contributed by atoms with Crippen molar-refractivity contribution >= 4 is 40.7 Å². The van der Waals surface area contributed by atoms with Crippen molar-refractivity contribution in [2.75, 3.05) is 72.9 Å². The third-order valence-electron chi connectivity index (χ3n) is 14.7. The summed E-state index contributed by atoms with van der Waals surface area (Å²) in [7, 11) is 1.74. The first-order valence-electron chi connectivity index (χ1n) is 26.0. The topological polar surface area (TPSA) is 184 Å². The number of aromatic nitrogens is 2. The second-order valence-electron chi connectivity index (χ2n) is 21.8. The van der Waals surface area contributed by atoms with Gasteiger partial charge < -0.3 is 42.7 Å². The van der Waals surface area contributed by atoms with Gasteiger partial charge in [0.2, 0.25) is 5.89 Å². The standard InChI is InChI=1S/C53H76N8O10/c1-9-67-47-45(56-51(64)71-52(3,4)5)49(62)61-18-10-11-41(57-61)50(63)69-32-53(6,7)29-40-38-27-34(43-31-55-48(47)70-43)12-15-42(38)60(23-26-68-37-16-24-66-25-17-37)46(40)39-28-36(30-54-44(39)33(2)65-8)59-21-19-58(20-22-59)35-13-14-35/h12,15,27,30-31,33,35-37,41,45,47,57H,9-11,13-14,16-26,28-29,32H2,1-8H3,(H,56,64)/t33-,36?,41-,45-,47+/m0/s1. The van der Waals surface area contributed by atoms with Gasteiger partial charge in [0, 0.05) is 112 Å². The van der Waals surface area contributed by atoms with Crippen LogP contribution in [-0.4, -0.2) is 163 Å². The van der Waals surface area contributed by atoms with Gasteiger partial charge >= 0.3 is 12.1 Å². The van der Waals surface area contributed by atoms with Crippen molar-refractivity contribution in [3.8, 4) is 11.3 Å². The predicted molar refractivity (Wildman–Crippen MR) is 268 cm³/mol. The lowest BCUT2D eigenvalue weighted by Crippen LogP contribution is -2.61. The molecule has 9 rings (SSSR count). The number of rotatable bonds is 12. The number of fused-ring (bicyclic) bond motifs is 6. The van der Waals surface area contributed by atoms with Crippen LogP contribution in [0.25, 0.3) is 27.8 Å². The van der Waals surface area contributed by atoms with Crippen LogP contribution in [0.15, 0.2) is 39.5 Å². The fraction of sp³-hybridized carbons (Fsp3) is 0.679. The van der Waals surface area contributed by atoms with Gasteiger partial charge in [-0.1, -0.05) is 13.8 Å². The van der Waals surface area contributed by atoms with Crippen molar-refractivity contribution in [2.45, 2.75) is 154 Å². The Morgan fingerprint density at radius 3 is 2.49 bits per heavy atom. The van der Waals surface area contributed by atoms with E-state index in [2.05, 4.69) is 64.2 Å². The van der Waals surface area contributed by atoms with Crippen LogP contribution in [0, 0.1) is 5.41 Å². The summed E-state index contributed by atoms with van der Waals surface area (Å²) in [5.41, 5.74) is 7.70. The molecule has 6 bridgehead atoms. The Kier molecular flexibility index (Phi) is 15.7.